The maximum atomic E-state index is 6.20. The van der Waals surface area contributed by atoms with E-state index in [9.17, 15) is 0 Å². The van der Waals surface area contributed by atoms with E-state index in [0.29, 0.717) is 12.0 Å². The van der Waals surface area contributed by atoms with E-state index in [1.807, 2.05) is 11.3 Å². The highest BCUT2D eigenvalue weighted by Crippen LogP contribution is 2.42. The lowest BCUT2D eigenvalue weighted by atomic mass is 9.77. The third kappa shape index (κ3) is 3.67. The zero-order valence-electron chi connectivity index (χ0n) is 13.0. The maximum Gasteiger partial charge on any atom is 0.0729 e. The fourth-order valence-electron chi connectivity index (χ4n) is 3.71. The van der Waals surface area contributed by atoms with Gasteiger partial charge in [0, 0.05) is 30.7 Å². The number of hydrogen-bond acceptors (Lipinski definition) is 4. The standard InChI is InChI=1S/C17H27NO2S/c1-2-8-18-16(15-4-3-12-21-15)14-5-9-20-17(13-14)6-10-19-11-7-17/h3-4,12,14,16,18H,2,5-11,13H2,1H3. The second kappa shape index (κ2) is 7.23. The Labute approximate surface area is 132 Å². The van der Waals surface area contributed by atoms with E-state index < -0.39 is 0 Å². The first kappa shape index (κ1) is 15.5. The van der Waals surface area contributed by atoms with Crippen LogP contribution in [-0.2, 0) is 9.47 Å². The van der Waals surface area contributed by atoms with Gasteiger partial charge >= 0.3 is 0 Å². The molecule has 0 amide bonds. The van der Waals surface area contributed by atoms with Crippen molar-refractivity contribution in [2.24, 2.45) is 5.92 Å². The molecule has 1 spiro atoms. The van der Waals surface area contributed by atoms with Crippen LogP contribution in [0.25, 0.3) is 0 Å². The van der Waals surface area contributed by atoms with Crippen molar-refractivity contribution in [2.45, 2.75) is 50.7 Å². The van der Waals surface area contributed by atoms with Crippen molar-refractivity contribution in [3.8, 4) is 0 Å². The molecule has 0 bridgehead atoms. The average molecular weight is 309 g/mol. The van der Waals surface area contributed by atoms with Crippen LogP contribution in [0.2, 0.25) is 0 Å². The first-order valence-corrected chi connectivity index (χ1v) is 9.19. The van der Waals surface area contributed by atoms with Gasteiger partial charge in [0.1, 0.15) is 0 Å². The zero-order valence-corrected chi connectivity index (χ0v) is 13.8. The summed E-state index contributed by atoms with van der Waals surface area (Å²) >= 11 is 1.88. The van der Waals surface area contributed by atoms with Crippen LogP contribution in [-0.4, -0.2) is 32.0 Å². The summed E-state index contributed by atoms with van der Waals surface area (Å²) in [6.45, 7) is 5.95. The fraction of sp³-hybridized carbons (Fsp3) is 0.765. The summed E-state index contributed by atoms with van der Waals surface area (Å²) in [7, 11) is 0. The predicted octanol–water partition coefficient (Wildman–Crippen LogP) is 3.76. The van der Waals surface area contributed by atoms with E-state index in [1.165, 1.54) is 24.1 Å². The molecule has 2 fully saturated rings. The highest BCUT2D eigenvalue weighted by molar-refractivity contribution is 7.10. The van der Waals surface area contributed by atoms with Gasteiger partial charge in [0.15, 0.2) is 0 Å². The van der Waals surface area contributed by atoms with Crippen LogP contribution in [0.15, 0.2) is 17.5 Å². The summed E-state index contributed by atoms with van der Waals surface area (Å²) in [5.74, 6) is 0.682. The Morgan fingerprint density at radius 1 is 1.38 bits per heavy atom. The van der Waals surface area contributed by atoms with Gasteiger partial charge < -0.3 is 14.8 Å². The van der Waals surface area contributed by atoms with E-state index >= 15 is 0 Å². The number of nitrogens with one attached hydrogen (secondary N) is 1. The van der Waals surface area contributed by atoms with Gasteiger partial charge in [0.05, 0.1) is 5.60 Å². The minimum absolute atomic E-state index is 0.0879. The van der Waals surface area contributed by atoms with Crippen LogP contribution in [0.3, 0.4) is 0 Å². The minimum atomic E-state index is 0.0879. The normalized spacial score (nSPS) is 26.8. The van der Waals surface area contributed by atoms with Gasteiger partial charge in [-0.1, -0.05) is 13.0 Å². The third-order valence-corrected chi connectivity index (χ3v) is 5.83. The molecular formula is C17H27NO2S. The molecule has 0 aliphatic carbocycles. The topological polar surface area (TPSA) is 30.5 Å². The predicted molar refractivity (Wildman–Crippen MR) is 86.8 cm³/mol. The van der Waals surface area contributed by atoms with Gasteiger partial charge in [0.2, 0.25) is 0 Å². The van der Waals surface area contributed by atoms with Crippen molar-refractivity contribution in [3.05, 3.63) is 22.4 Å². The molecule has 1 aromatic heterocycles. The smallest absolute Gasteiger partial charge is 0.0729 e. The van der Waals surface area contributed by atoms with Crippen LogP contribution in [0.1, 0.15) is 49.9 Å². The number of rotatable bonds is 5. The van der Waals surface area contributed by atoms with Crippen molar-refractivity contribution < 1.29 is 9.47 Å². The molecular weight excluding hydrogens is 282 g/mol. The highest BCUT2D eigenvalue weighted by Gasteiger charge is 2.41. The molecule has 2 unspecified atom stereocenters. The Morgan fingerprint density at radius 3 is 2.95 bits per heavy atom. The molecule has 118 valence electrons. The summed E-state index contributed by atoms with van der Waals surface area (Å²) in [5, 5.41) is 5.98. The molecule has 3 nitrogen and oxygen atoms in total. The Balaban J connectivity index is 1.72. The lowest BCUT2D eigenvalue weighted by Gasteiger charge is -2.45. The Kier molecular flexibility index (Phi) is 5.33. The Morgan fingerprint density at radius 2 is 2.24 bits per heavy atom. The van der Waals surface area contributed by atoms with E-state index in [1.54, 1.807) is 0 Å². The molecule has 4 heteroatoms. The molecule has 21 heavy (non-hydrogen) atoms. The van der Waals surface area contributed by atoms with Crippen molar-refractivity contribution >= 4 is 11.3 Å². The summed E-state index contributed by atoms with van der Waals surface area (Å²) in [5.41, 5.74) is 0.0879. The van der Waals surface area contributed by atoms with E-state index in [2.05, 4.69) is 29.8 Å². The monoisotopic (exact) mass is 309 g/mol. The van der Waals surface area contributed by atoms with Gasteiger partial charge in [-0.3, -0.25) is 0 Å². The van der Waals surface area contributed by atoms with Gasteiger partial charge in [-0.25, -0.2) is 0 Å². The van der Waals surface area contributed by atoms with Gasteiger partial charge in [-0.05, 0) is 56.0 Å². The molecule has 1 aromatic rings. The van der Waals surface area contributed by atoms with Crippen LogP contribution in [0.5, 0.6) is 0 Å². The molecule has 0 radical (unpaired) electrons. The SMILES string of the molecule is CCCNC(c1cccs1)C1CCOC2(CCOCC2)C1. The number of thiophene rings is 1. The van der Waals surface area contributed by atoms with E-state index in [4.69, 9.17) is 9.47 Å². The third-order valence-electron chi connectivity index (χ3n) is 4.87. The maximum absolute atomic E-state index is 6.20. The van der Waals surface area contributed by atoms with Gasteiger partial charge in [-0.2, -0.15) is 0 Å². The van der Waals surface area contributed by atoms with Crippen molar-refractivity contribution in [2.75, 3.05) is 26.4 Å². The second-order valence-corrected chi connectivity index (χ2v) is 7.32. The van der Waals surface area contributed by atoms with E-state index in [-0.39, 0.29) is 5.60 Å². The highest BCUT2D eigenvalue weighted by atomic mass is 32.1. The summed E-state index contributed by atoms with van der Waals surface area (Å²) in [6, 6.07) is 4.95. The van der Waals surface area contributed by atoms with Gasteiger partial charge in [-0.15, -0.1) is 11.3 Å². The van der Waals surface area contributed by atoms with Gasteiger partial charge in [0.25, 0.3) is 0 Å². The first-order chi connectivity index (χ1) is 10.3. The first-order valence-electron chi connectivity index (χ1n) is 8.31. The lowest BCUT2D eigenvalue weighted by molar-refractivity contribution is -0.150. The molecule has 2 saturated heterocycles. The second-order valence-electron chi connectivity index (χ2n) is 6.34. The average Bonchev–Trinajstić information content (AvgIpc) is 3.03. The quantitative estimate of drug-likeness (QED) is 0.898. The molecule has 2 aliphatic rings. The molecule has 0 saturated carbocycles. The molecule has 2 atom stereocenters. The molecule has 2 aliphatic heterocycles. The van der Waals surface area contributed by atoms with Crippen LogP contribution >= 0.6 is 11.3 Å². The molecule has 0 aromatic carbocycles. The van der Waals surface area contributed by atoms with Crippen molar-refractivity contribution in [1.29, 1.82) is 0 Å². The number of ether oxygens (including phenoxy) is 2. The summed E-state index contributed by atoms with van der Waals surface area (Å²) in [4.78, 5) is 1.48. The molecule has 3 heterocycles. The van der Waals surface area contributed by atoms with Crippen molar-refractivity contribution in [1.82, 2.24) is 5.32 Å². The lowest BCUT2D eigenvalue weighted by Crippen LogP contribution is -2.47. The molecule has 3 rings (SSSR count). The Hall–Kier alpha value is -0.420. The zero-order chi connectivity index (χ0) is 14.5. The van der Waals surface area contributed by atoms with Crippen LogP contribution in [0.4, 0.5) is 0 Å². The fourth-order valence-corrected chi connectivity index (χ4v) is 4.60. The number of hydrogen-bond donors (Lipinski definition) is 1. The summed E-state index contributed by atoms with van der Waals surface area (Å²) < 4.78 is 11.7. The van der Waals surface area contributed by atoms with Crippen LogP contribution < -0.4 is 5.32 Å². The molecule has 1 N–H and O–H groups in total. The van der Waals surface area contributed by atoms with E-state index in [0.717, 1.165) is 39.2 Å². The van der Waals surface area contributed by atoms with Crippen molar-refractivity contribution in [3.63, 3.8) is 0 Å². The van der Waals surface area contributed by atoms with Crippen LogP contribution in [0, 0.1) is 5.92 Å². The largest absolute Gasteiger partial charge is 0.381 e. The summed E-state index contributed by atoms with van der Waals surface area (Å²) in [6.07, 6.45) is 5.66. The minimum Gasteiger partial charge on any atom is -0.381 e. The Bertz CT molecular complexity index is 409.